The van der Waals surface area contributed by atoms with Crippen molar-refractivity contribution >= 4 is 5.91 Å². The summed E-state index contributed by atoms with van der Waals surface area (Å²) in [5.74, 6) is 1.25. The number of morpholine rings is 1. The number of para-hydroxylation sites is 1. The Labute approximate surface area is 156 Å². The van der Waals surface area contributed by atoms with Crippen molar-refractivity contribution in [1.82, 2.24) is 10.2 Å². The molecular formula is C20H31N3O3. The molecule has 1 aromatic carbocycles. The normalized spacial score (nSPS) is 23.7. The Kier molecular flexibility index (Phi) is 7.29. The van der Waals surface area contributed by atoms with Crippen LogP contribution in [-0.2, 0) is 16.1 Å². The fourth-order valence-corrected chi connectivity index (χ4v) is 3.72. The Bertz CT molecular complexity index is 575. The number of hydrogen-bond donors (Lipinski definition) is 2. The number of hydrogen-bond acceptors (Lipinski definition) is 5. The van der Waals surface area contributed by atoms with Crippen molar-refractivity contribution < 1.29 is 14.3 Å². The maximum absolute atomic E-state index is 12.2. The molecule has 0 unspecified atom stereocenters. The molecule has 144 valence electrons. The number of nitrogens with one attached hydrogen (secondary N) is 1. The lowest BCUT2D eigenvalue weighted by Gasteiger charge is -2.26. The summed E-state index contributed by atoms with van der Waals surface area (Å²) in [5, 5.41) is 3.03. The van der Waals surface area contributed by atoms with E-state index in [-0.39, 0.29) is 11.9 Å². The molecular weight excluding hydrogens is 330 g/mol. The predicted molar refractivity (Wildman–Crippen MR) is 101 cm³/mol. The highest BCUT2D eigenvalue weighted by Gasteiger charge is 2.25. The zero-order valence-corrected chi connectivity index (χ0v) is 15.5. The van der Waals surface area contributed by atoms with Gasteiger partial charge in [-0.1, -0.05) is 24.6 Å². The summed E-state index contributed by atoms with van der Waals surface area (Å²) >= 11 is 0. The largest absolute Gasteiger partial charge is 0.492 e. The number of nitrogens with zero attached hydrogens (tertiary/aromatic N) is 1. The number of carbonyl (C=O) groups is 1. The quantitative estimate of drug-likeness (QED) is 0.734. The van der Waals surface area contributed by atoms with E-state index in [1.54, 1.807) is 0 Å². The Balaban J connectivity index is 1.43. The van der Waals surface area contributed by atoms with E-state index in [2.05, 4.69) is 10.2 Å². The number of nitrogens with two attached hydrogens (primary N) is 1. The van der Waals surface area contributed by atoms with Gasteiger partial charge in [-0.3, -0.25) is 9.69 Å². The molecule has 1 saturated carbocycles. The average molecular weight is 361 g/mol. The lowest BCUT2D eigenvalue weighted by molar-refractivity contribution is -0.122. The van der Waals surface area contributed by atoms with Crippen LogP contribution in [0.5, 0.6) is 5.75 Å². The summed E-state index contributed by atoms with van der Waals surface area (Å²) in [6, 6.07) is 8.09. The standard InChI is InChI=1S/C20H31N3O3/c21-18-6-3-5-16(18)14-20(24)22-15-17-4-1-2-7-19(17)26-13-10-23-8-11-25-12-9-23/h1-2,4,7,16,18H,3,5-6,8-15,21H2,(H,22,24)/t16-,18+/m0/s1. The van der Waals surface area contributed by atoms with Gasteiger partial charge in [0.1, 0.15) is 12.4 Å². The maximum Gasteiger partial charge on any atom is 0.220 e. The second-order valence-electron chi connectivity index (χ2n) is 7.25. The first kappa shape index (κ1) is 19.1. The number of amides is 1. The molecule has 2 atom stereocenters. The lowest BCUT2D eigenvalue weighted by atomic mass is 10.00. The van der Waals surface area contributed by atoms with Crippen LogP contribution in [0.4, 0.5) is 0 Å². The zero-order valence-electron chi connectivity index (χ0n) is 15.5. The molecule has 2 fully saturated rings. The highest BCUT2D eigenvalue weighted by atomic mass is 16.5. The van der Waals surface area contributed by atoms with Gasteiger partial charge < -0.3 is 20.5 Å². The third kappa shape index (κ3) is 5.69. The topological polar surface area (TPSA) is 76.8 Å². The average Bonchev–Trinajstić information content (AvgIpc) is 3.06. The summed E-state index contributed by atoms with van der Waals surface area (Å²) in [4.78, 5) is 14.6. The molecule has 1 amide bonds. The molecule has 0 spiro atoms. The summed E-state index contributed by atoms with van der Waals surface area (Å²) in [6.45, 7) is 5.55. The van der Waals surface area contributed by atoms with Gasteiger partial charge in [0.05, 0.1) is 13.2 Å². The molecule has 1 saturated heterocycles. The third-order valence-electron chi connectivity index (χ3n) is 5.38. The van der Waals surface area contributed by atoms with E-state index in [4.69, 9.17) is 15.2 Å². The van der Waals surface area contributed by atoms with Gasteiger partial charge in [-0.25, -0.2) is 0 Å². The number of ether oxygens (including phenoxy) is 2. The van der Waals surface area contributed by atoms with Crippen LogP contribution >= 0.6 is 0 Å². The first-order valence-corrected chi connectivity index (χ1v) is 9.75. The lowest BCUT2D eigenvalue weighted by Crippen LogP contribution is -2.38. The van der Waals surface area contributed by atoms with Crippen LogP contribution in [0.1, 0.15) is 31.2 Å². The fraction of sp³-hybridized carbons (Fsp3) is 0.650. The minimum atomic E-state index is 0.0791. The minimum absolute atomic E-state index is 0.0791. The van der Waals surface area contributed by atoms with Gasteiger partial charge in [-0.05, 0) is 24.8 Å². The molecule has 0 aromatic heterocycles. The first-order chi connectivity index (χ1) is 12.7. The van der Waals surface area contributed by atoms with Crippen LogP contribution < -0.4 is 15.8 Å². The van der Waals surface area contributed by atoms with Crippen LogP contribution in [0.15, 0.2) is 24.3 Å². The number of carbonyl (C=O) groups excluding carboxylic acids is 1. The van der Waals surface area contributed by atoms with Crippen molar-refractivity contribution in [2.24, 2.45) is 11.7 Å². The predicted octanol–water partition coefficient (Wildman–Crippen LogP) is 1.53. The first-order valence-electron chi connectivity index (χ1n) is 9.75. The molecule has 0 bridgehead atoms. The minimum Gasteiger partial charge on any atom is -0.492 e. The van der Waals surface area contributed by atoms with Crippen LogP contribution in [0, 0.1) is 5.92 Å². The molecule has 6 nitrogen and oxygen atoms in total. The van der Waals surface area contributed by atoms with E-state index in [0.717, 1.165) is 63.4 Å². The second kappa shape index (κ2) is 9.90. The highest BCUT2D eigenvalue weighted by molar-refractivity contribution is 5.76. The van der Waals surface area contributed by atoms with Crippen molar-refractivity contribution in [3.8, 4) is 5.75 Å². The van der Waals surface area contributed by atoms with E-state index in [1.165, 1.54) is 0 Å². The number of benzene rings is 1. The summed E-state index contributed by atoms with van der Waals surface area (Å²) in [6.07, 6.45) is 3.77. The molecule has 6 heteroatoms. The third-order valence-corrected chi connectivity index (χ3v) is 5.38. The van der Waals surface area contributed by atoms with Crippen LogP contribution in [0.25, 0.3) is 0 Å². The smallest absolute Gasteiger partial charge is 0.220 e. The molecule has 3 rings (SSSR count). The summed E-state index contributed by atoms with van der Waals surface area (Å²) in [5.41, 5.74) is 7.08. The van der Waals surface area contributed by atoms with Crippen molar-refractivity contribution in [2.75, 3.05) is 39.5 Å². The molecule has 26 heavy (non-hydrogen) atoms. The van der Waals surface area contributed by atoms with Gasteiger partial charge in [0, 0.05) is 44.2 Å². The van der Waals surface area contributed by atoms with Gasteiger partial charge in [-0.2, -0.15) is 0 Å². The Morgan fingerprint density at radius 2 is 2.08 bits per heavy atom. The van der Waals surface area contributed by atoms with Gasteiger partial charge in [0.25, 0.3) is 0 Å². The van der Waals surface area contributed by atoms with E-state index < -0.39 is 0 Å². The fourth-order valence-electron chi connectivity index (χ4n) is 3.72. The highest BCUT2D eigenvalue weighted by Crippen LogP contribution is 2.26. The van der Waals surface area contributed by atoms with Gasteiger partial charge in [-0.15, -0.1) is 0 Å². The van der Waals surface area contributed by atoms with E-state index in [0.29, 0.717) is 25.5 Å². The molecule has 2 aliphatic rings. The Morgan fingerprint density at radius 1 is 1.27 bits per heavy atom. The van der Waals surface area contributed by atoms with Crippen LogP contribution in [0.3, 0.4) is 0 Å². The van der Waals surface area contributed by atoms with E-state index in [9.17, 15) is 4.79 Å². The number of rotatable bonds is 8. The van der Waals surface area contributed by atoms with Crippen molar-refractivity contribution in [3.63, 3.8) is 0 Å². The SMILES string of the molecule is N[C@@H]1CCC[C@H]1CC(=O)NCc1ccccc1OCCN1CCOCC1. The molecule has 1 aliphatic heterocycles. The molecule has 0 radical (unpaired) electrons. The molecule has 1 aromatic rings. The second-order valence-corrected chi connectivity index (χ2v) is 7.25. The molecule has 1 aliphatic carbocycles. The summed E-state index contributed by atoms with van der Waals surface area (Å²) < 4.78 is 11.3. The zero-order chi connectivity index (χ0) is 18.2. The van der Waals surface area contributed by atoms with Gasteiger partial charge >= 0.3 is 0 Å². The van der Waals surface area contributed by atoms with Crippen LogP contribution in [0.2, 0.25) is 0 Å². The Morgan fingerprint density at radius 3 is 2.85 bits per heavy atom. The van der Waals surface area contributed by atoms with Crippen molar-refractivity contribution in [1.29, 1.82) is 0 Å². The van der Waals surface area contributed by atoms with Crippen LogP contribution in [-0.4, -0.2) is 56.3 Å². The molecule has 1 heterocycles. The molecule has 3 N–H and O–H groups in total. The maximum atomic E-state index is 12.2. The van der Waals surface area contributed by atoms with Gasteiger partial charge in [0.2, 0.25) is 5.91 Å². The van der Waals surface area contributed by atoms with Crippen molar-refractivity contribution in [2.45, 2.75) is 38.3 Å². The van der Waals surface area contributed by atoms with Crippen molar-refractivity contribution in [3.05, 3.63) is 29.8 Å². The van der Waals surface area contributed by atoms with E-state index >= 15 is 0 Å². The van der Waals surface area contributed by atoms with E-state index in [1.807, 2.05) is 24.3 Å². The van der Waals surface area contributed by atoms with Gasteiger partial charge in [0.15, 0.2) is 0 Å². The monoisotopic (exact) mass is 361 g/mol. The Hall–Kier alpha value is -1.63. The summed E-state index contributed by atoms with van der Waals surface area (Å²) in [7, 11) is 0.